The Morgan fingerprint density at radius 1 is 1.50 bits per heavy atom. The van der Waals surface area contributed by atoms with Crippen LogP contribution in [0.2, 0.25) is 0 Å². The molecule has 1 aliphatic heterocycles. The van der Waals surface area contributed by atoms with Gasteiger partial charge in [0.15, 0.2) is 0 Å². The molecule has 1 heterocycles. The predicted molar refractivity (Wildman–Crippen MR) is 68.0 cm³/mol. The van der Waals surface area contributed by atoms with Crippen molar-refractivity contribution in [3.05, 3.63) is 29.6 Å². The molecule has 0 radical (unpaired) electrons. The van der Waals surface area contributed by atoms with Crippen LogP contribution in [-0.2, 0) is 4.74 Å². The maximum Gasteiger partial charge on any atom is 0.123 e. The first-order valence-corrected chi connectivity index (χ1v) is 6.40. The summed E-state index contributed by atoms with van der Waals surface area (Å²) in [6.07, 6.45) is 0.946. The van der Waals surface area contributed by atoms with Gasteiger partial charge >= 0.3 is 0 Å². The zero-order chi connectivity index (χ0) is 13.1. The summed E-state index contributed by atoms with van der Waals surface area (Å²) in [5.41, 5.74) is 0.605. The Morgan fingerprint density at radius 3 is 3.00 bits per heavy atom. The lowest BCUT2D eigenvalue weighted by atomic mass is 9.95. The summed E-state index contributed by atoms with van der Waals surface area (Å²) in [7, 11) is 0. The maximum absolute atomic E-state index is 13.2. The van der Waals surface area contributed by atoms with Crippen LogP contribution in [0.4, 0.5) is 4.39 Å². The fourth-order valence-corrected chi connectivity index (χ4v) is 2.41. The molecular weight excluding hydrogens is 233 g/mol. The van der Waals surface area contributed by atoms with E-state index in [-0.39, 0.29) is 17.6 Å². The molecule has 1 aromatic carbocycles. The summed E-state index contributed by atoms with van der Waals surface area (Å²) < 4.78 is 18.6. The number of phenolic OH excluding ortho intramolecular Hbond substituents is 1. The Morgan fingerprint density at radius 2 is 2.28 bits per heavy atom. The lowest BCUT2D eigenvalue weighted by Gasteiger charge is -2.32. The van der Waals surface area contributed by atoms with Crippen LogP contribution in [0, 0.1) is 11.7 Å². The molecule has 1 aliphatic rings. The minimum absolute atomic E-state index is 0.0775. The zero-order valence-electron chi connectivity index (χ0n) is 10.8. The van der Waals surface area contributed by atoms with Crippen LogP contribution >= 0.6 is 0 Å². The molecule has 0 saturated carbocycles. The van der Waals surface area contributed by atoms with E-state index in [0.29, 0.717) is 17.5 Å². The van der Waals surface area contributed by atoms with E-state index in [1.54, 1.807) is 0 Å². The quantitative estimate of drug-likeness (QED) is 0.870. The average molecular weight is 253 g/mol. The van der Waals surface area contributed by atoms with E-state index in [4.69, 9.17) is 4.74 Å². The SMILES string of the molecule is CC(NC1CCOCC1C)c1cc(F)ccc1O. The van der Waals surface area contributed by atoms with Crippen molar-refractivity contribution in [1.29, 1.82) is 0 Å². The third kappa shape index (κ3) is 3.00. The van der Waals surface area contributed by atoms with Crippen molar-refractivity contribution in [3.63, 3.8) is 0 Å². The van der Waals surface area contributed by atoms with Crippen LogP contribution in [0.5, 0.6) is 5.75 Å². The second-order valence-electron chi connectivity index (χ2n) is 5.04. The van der Waals surface area contributed by atoms with Crippen molar-refractivity contribution < 1.29 is 14.2 Å². The number of hydrogen-bond acceptors (Lipinski definition) is 3. The molecule has 3 nitrogen and oxygen atoms in total. The molecule has 0 spiro atoms. The molecule has 2 N–H and O–H groups in total. The molecule has 3 atom stereocenters. The molecule has 2 rings (SSSR count). The van der Waals surface area contributed by atoms with Gasteiger partial charge in [0, 0.05) is 24.3 Å². The smallest absolute Gasteiger partial charge is 0.123 e. The van der Waals surface area contributed by atoms with Gasteiger partial charge in [-0.05, 0) is 37.5 Å². The summed E-state index contributed by atoms with van der Waals surface area (Å²) in [5, 5.41) is 13.2. The zero-order valence-corrected chi connectivity index (χ0v) is 10.8. The highest BCUT2D eigenvalue weighted by Crippen LogP contribution is 2.26. The van der Waals surface area contributed by atoms with E-state index >= 15 is 0 Å². The van der Waals surface area contributed by atoms with Gasteiger partial charge in [-0.1, -0.05) is 6.92 Å². The van der Waals surface area contributed by atoms with Crippen LogP contribution in [0.15, 0.2) is 18.2 Å². The fourth-order valence-electron chi connectivity index (χ4n) is 2.41. The van der Waals surface area contributed by atoms with Gasteiger partial charge in [0.2, 0.25) is 0 Å². The van der Waals surface area contributed by atoms with Crippen LogP contribution < -0.4 is 5.32 Å². The van der Waals surface area contributed by atoms with Crippen molar-refractivity contribution in [2.24, 2.45) is 5.92 Å². The summed E-state index contributed by atoms with van der Waals surface area (Å²) >= 11 is 0. The Labute approximate surface area is 107 Å². The number of nitrogens with one attached hydrogen (secondary N) is 1. The van der Waals surface area contributed by atoms with Gasteiger partial charge in [-0.3, -0.25) is 0 Å². The molecule has 1 saturated heterocycles. The minimum atomic E-state index is -0.323. The normalized spacial score (nSPS) is 25.9. The minimum Gasteiger partial charge on any atom is -0.508 e. The monoisotopic (exact) mass is 253 g/mol. The largest absolute Gasteiger partial charge is 0.508 e. The predicted octanol–water partition coefficient (Wildman–Crippen LogP) is 2.61. The number of aromatic hydroxyl groups is 1. The highest BCUT2D eigenvalue weighted by atomic mass is 19.1. The van der Waals surface area contributed by atoms with Gasteiger partial charge in [0.1, 0.15) is 11.6 Å². The molecule has 1 aromatic rings. The van der Waals surface area contributed by atoms with Gasteiger partial charge in [-0.25, -0.2) is 4.39 Å². The summed E-state index contributed by atoms with van der Waals surface area (Å²) in [6, 6.07) is 4.32. The Bertz CT molecular complexity index is 411. The van der Waals surface area contributed by atoms with Gasteiger partial charge in [0.25, 0.3) is 0 Å². The van der Waals surface area contributed by atoms with Crippen molar-refractivity contribution in [1.82, 2.24) is 5.32 Å². The van der Waals surface area contributed by atoms with Crippen molar-refractivity contribution in [2.75, 3.05) is 13.2 Å². The van der Waals surface area contributed by atoms with E-state index in [9.17, 15) is 9.50 Å². The van der Waals surface area contributed by atoms with Gasteiger partial charge in [0.05, 0.1) is 6.61 Å². The number of ether oxygens (including phenoxy) is 1. The molecule has 18 heavy (non-hydrogen) atoms. The standard InChI is InChI=1S/C14H20FNO2/c1-9-8-18-6-5-13(9)16-10(2)12-7-11(15)3-4-14(12)17/h3-4,7,9-10,13,16-17H,5-6,8H2,1-2H3. The number of phenols is 1. The Balaban J connectivity index is 2.06. The van der Waals surface area contributed by atoms with Crippen LogP contribution in [0.3, 0.4) is 0 Å². The first-order chi connectivity index (χ1) is 8.58. The lowest BCUT2D eigenvalue weighted by Crippen LogP contribution is -2.42. The van der Waals surface area contributed by atoms with Crippen LogP contribution in [-0.4, -0.2) is 24.4 Å². The van der Waals surface area contributed by atoms with E-state index in [0.717, 1.165) is 19.6 Å². The molecule has 0 amide bonds. The summed E-state index contributed by atoms with van der Waals surface area (Å²) in [4.78, 5) is 0. The van der Waals surface area contributed by atoms with Gasteiger partial charge in [-0.15, -0.1) is 0 Å². The molecule has 100 valence electrons. The van der Waals surface area contributed by atoms with Gasteiger partial charge < -0.3 is 15.2 Å². The average Bonchev–Trinajstić information content (AvgIpc) is 2.35. The molecule has 0 bridgehead atoms. The molecular formula is C14H20FNO2. The third-order valence-corrected chi connectivity index (χ3v) is 3.56. The van der Waals surface area contributed by atoms with E-state index in [1.165, 1.54) is 18.2 Å². The Kier molecular flexibility index (Phi) is 4.19. The fraction of sp³-hybridized carbons (Fsp3) is 0.571. The van der Waals surface area contributed by atoms with Gasteiger partial charge in [-0.2, -0.15) is 0 Å². The van der Waals surface area contributed by atoms with Crippen molar-refractivity contribution >= 4 is 0 Å². The van der Waals surface area contributed by atoms with E-state index in [1.807, 2.05) is 6.92 Å². The molecule has 3 unspecified atom stereocenters. The Hall–Kier alpha value is -1.13. The second kappa shape index (κ2) is 5.67. The van der Waals surface area contributed by atoms with Crippen molar-refractivity contribution in [3.8, 4) is 5.75 Å². The van der Waals surface area contributed by atoms with E-state index in [2.05, 4.69) is 12.2 Å². The van der Waals surface area contributed by atoms with Crippen LogP contribution in [0.25, 0.3) is 0 Å². The molecule has 4 heteroatoms. The first kappa shape index (κ1) is 13.3. The maximum atomic E-state index is 13.2. The topological polar surface area (TPSA) is 41.5 Å². The highest BCUT2D eigenvalue weighted by molar-refractivity contribution is 5.34. The number of halogens is 1. The van der Waals surface area contributed by atoms with Crippen molar-refractivity contribution in [2.45, 2.75) is 32.4 Å². The summed E-state index contributed by atoms with van der Waals surface area (Å²) in [6.45, 7) is 5.58. The second-order valence-corrected chi connectivity index (χ2v) is 5.04. The molecule has 0 aromatic heterocycles. The molecule has 0 aliphatic carbocycles. The highest BCUT2D eigenvalue weighted by Gasteiger charge is 2.24. The van der Waals surface area contributed by atoms with E-state index < -0.39 is 0 Å². The van der Waals surface area contributed by atoms with Crippen LogP contribution in [0.1, 0.15) is 31.9 Å². The third-order valence-electron chi connectivity index (χ3n) is 3.56. The first-order valence-electron chi connectivity index (χ1n) is 6.40. The summed E-state index contributed by atoms with van der Waals surface area (Å²) in [5.74, 6) is 0.240. The number of hydrogen-bond donors (Lipinski definition) is 2. The lowest BCUT2D eigenvalue weighted by molar-refractivity contribution is 0.0363. The number of rotatable bonds is 3. The number of benzene rings is 1. The molecule has 1 fully saturated rings.